The van der Waals surface area contributed by atoms with Gasteiger partial charge in [-0.2, -0.15) is 0 Å². The van der Waals surface area contributed by atoms with Gasteiger partial charge in [-0.3, -0.25) is 4.79 Å². The van der Waals surface area contributed by atoms with Crippen LogP contribution in [0.5, 0.6) is 0 Å². The van der Waals surface area contributed by atoms with Gasteiger partial charge in [-0.1, -0.05) is 17.7 Å². The van der Waals surface area contributed by atoms with Crippen LogP contribution in [0.25, 0.3) is 0 Å². The highest BCUT2D eigenvalue weighted by molar-refractivity contribution is 8.00. The van der Waals surface area contributed by atoms with Crippen LogP contribution in [0.4, 0.5) is 0 Å². The van der Waals surface area contributed by atoms with E-state index in [4.69, 9.17) is 0 Å². The highest BCUT2D eigenvalue weighted by atomic mass is 32.2. The maximum atomic E-state index is 12.7. The number of hydrogen-bond donors (Lipinski definition) is 1. The first-order chi connectivity index (χ1) is 11.9. The number of carbonyl (C=O) groups is 2. The summed E-state index contributed by atoms with van der Waals surface area (Å²) in [5.41, 5.74) is 2.23. The van der Waals surface area contributed by atoms with Crippen molar-refractivity contribution in [3.63, 3.8) is 0 Å². The Morgan fingerprint density at radius 3 is 2.76 bits per heavy atom. The molecule has 1 aliphatic rings. The lowest BCUT2D eigenvalue weighted by atomic mass is 10.2. The highest BCUT2D eigenvalue weighted by Gasteiger charge is 2.36. The van der Waals surface area contributed by atoms with E-state index in [2.05, 4.69) is 10.2 Å². The summed E-state index contributed by atoms with van der Waals surface area (Å²) in [6.45, 7) is 6.14. The predicted molar refractivity (Wildman–Crippen MR) is 93.4 cm³/mol. The molecule has 132 valence electrons. The Hall–Kier alpha value is -2.35. The zero-order chi connectivity index (χ0) is 18.1. The van der Waals surface area contributed by atoms with Crippen molar-refractivity contribution in [1.82, 2.24) is 19.7 Å². The largest absolute Gasteiger partial charge is 0.480 e. The SMILES string of the molecule is Cc1ccc(C)c(SCC(=O)N2Cc3nnc(C)n3CC2C(=O)O)c1. The van der Waals surface area contributed by atoms with Crippen molar-refractivity contribution in [3.8, 4) is 0 Å². The molecule has 0 spiro atoms. The monoisotopic (exact) mass is 360 g/mol. The Kier molecular flexibility index (Phi) is 4.80. The van der Waals surface area contributed by atoms with E-state index in [0.717, 1.165) is 16.0 Å². The number of benzene rings is 1. The van der Waals surface area contributed by atoms with Gasteiger partial charge in [0, 0.05) is 4.90 Å². The number of carboxylic acid groups (broad SMARTS) is 1. The van der Waals surface area contributed by atoms with E-state index in [1.165, 1.54) is 16.7 Å². The number of aryl methyl sites for hydroxylation is 3. The molecule has 7 nitrogen and oxygen atoms in total. The molecule has 8 heteroatoms. The first-order valence-corrected chi connectivity index (χ1v) is 8.96. The average molecular weight is 360 g/mol. The second kappa shape index (κ2) is 6.87. The Morgan fingerprint density at radius 1 is 1.28 bits per heavy atom. The number of nitrogens with zero attached hydrogens (tertiary/aromatic N) is 4. The summed E-state index contributed by atoms with van der Waals surface area (Å²) in [4.78, 5) is 26.7. The molecule has 1 amide bonds. The molecule has 1 aliphatic heterocycles. The maximum absolute atomic E-state index is 12.7. The van der Waals surface area contributed by atoms with E-state index < -0.39 is 12.0 Å². The van der Waals surface area contributed by atoms with Gasteiger partial charge in [0.2, 0.25) is 5.91 Å². The second-order valence-corrected chi connectivity index (χ2v) is 7.22. The molecule has 0 saturated heterocycles. The number of aliphatic carboxylic acids is 1. The number of hydrogen-bond acceptors (Lipinski definition) is 5. The van der Waals surface area contributed by atoms with Gasteiger partial charge in [0.25, 0.3) is 0 Å². The van der Waals surface area contributed by atoms with Crippen molar-refractivity contribution >= 4 is 23.6 Å². The summed E-state index contributed by atoms with van der Waals surface area (Å²) in [5.74, 6) is 0.272. The molecule has 1 aromatic carbocycles. The highest BCUT2D eigenvalue weighted by Crippen LogP contribution is 2.25. The van der Waals surface area contributed by atoms with E-state index in [9.17, 15) is 14.7 Å². The van der Waals surface area contributed by atoms with Crippen LogP contribution in [0.15, 0.2) is 23.1 Å². The third-order valence-corrected chi connectivity index (χ3v) is 5.50. The van der Waals surface area contributed by atoms with E-state index in [1.807, 2.05) is 32.0 Å². The Balaban J connectivity index is 1.76. The van der Waals surface area contributed by atoms with Gasteiger partial charge in [0.05, 0.1) is 18.8 Å². The topological polar surface area (TPSA) is 88.3 Å². The van der Waals surface area contributed by atoms with Crippen molar-refractivity contribution in [2.45, 2.75) is 44.8 Å². The summed E-state index contributed by atoms with van der Waals surface area (Å²) in [6, 6.07) is 5.20. The summed E-state index contributed by atoms with van der Waals surface area (Å²) >= 11 is 1.44. The fourth-order valence-electron chi connectivity index (χ4n) is 2.87. The molecule has 0 bridgehead atoms. The van der Waals surface area contributed by atoms with Gasteiger partial charge < -0.3 is 14.6 Å². The van der Waals surface area contributed by atoms with Crippen LogP contribution in [0.1, 0.15) is 22.8 Å². The van der Waals surface area contributed by atoms with Crippen LogP contribution in [0, 0.1) is 20.8 Å². The van der Waals surface area contributed by atoms with Crippen LogP contribution in [0.2, 0.25) is 0 Å². The van der Waals surface area contributed by atoms with Crippen molar-refractivity contribution < 1.29 is 14.7 Å². The van der Waals surface area contributed by atoms with Gasteiger partial charge in [-0.05, 0) is 32.4 Å². The van der Waals surface area contributed by atoms with Gasteiger partial charge >= 0.3 is 5.97 Å². The third-order valence-electron chi connectivity index (χ3n) is 4.36. The molecule has 25 heavy (non-hydrogen) atoms. The van der Waals surface area contributed by atoms with Gasteiger partial charge in [0.1, 0.15) is 11.9 Å². The zero-order valence-corrected chi connectivity index (χ0v) is 15.2. The van der Waals surface area contributed by atoms with E-state index >= 15 is 0 Å². The number of thioether (sulfide) groups is 1. The summed E-state index contributed by atoms with van der Waals surface area (Å²) in [6.07, 6.45) is 0. The van der Waals surface area contributed by atoms with E-state index in [-0.39, 0.29) is 24.7 Å². The van der Waals surface area contributed by atoms with Crippen molar-refractivity contribution in [2.75, 3.05) is 5.75 Å². The molecule has 1 aromatic heterocycles. The smallest absolute Gasteiger partial charge is 0.328 e. The maximum Gasteiger partial charge on any atom is 0.328 e. The standard InChI is InChI=1S/C17H20N4O3S/c1-10-4-5-11(2)14(6-10)25-9-16(22)21-8-15-19-18-12(3)20(15)7-13(21)17(23)24/h4-6,13H,7-9H2,1-3H3,(H,23,24). The van der Waals surface area contributed by atoms with Crippen molar-refractivity contribution in [3.05, 3.63) is 41.0 Å². The lowest BCUT2D eigenvalue weighted by Gasteiger charge is -2.33. The lowest BCUT2D eigenvalue weighted by Crippen LogP contribution is -2.51. The minimum Gasteiger partial charge on any atom is -0.480 e. The molecule has 0 radical (unpaired) electrons. The lowest BCUT2D eigenvalue weighted by molar-refractivity contribution is -0.151. The molecule has 1 N–H and O–H groups in total. The minimum atomic E-state index is -1.01. The number of rotatable bonds is 4. The molecule has 3 rings (SSSR count). The Labute approximate surface area is 150 Å². The number of aromatic nitrogens is 3. The van der Waals surface area contributed by atoms with Crippen molar-refractivity contribution in [1.29, 1.82) is 0 Å². The molecule has 2 heterocycles. The molecule has 0 fully saturated rings. The first-order valence-electron chi connectivity index (χ1n) is 7.98. The minimum absolute atomic E-state index is 0.171. The number of amides is 1. The average Bonchev–Trinajstić information content (AvgIpc) is 2.94. The predicted octanol–water partition coefficient (Wildman–Crippen LogP) is 1.79. The molecule has 2 aromatic rings. The van der Waals surface area contributed by atoms with Crippen LogP contribution in [-0.4, -0.2) is 48.4 Å². The first kappa shape index (κ1) is 17.5. The van der Waals surface area contributed by atoms with Crippen LogP contribution in [0.3, 0.4) is 0 Å². The Bertz CT molecular complexity index is 833. The quantitative estimate of drug-likeness (QED) is 0.837. The fourth-order valence-corrected chi connectivity index (χ4v) is 3.88. The van der Waals surface area contributed by atoms with Crippen molar-refractivity contribution in [2.24, 2.45) is 0 Å². The van der Waals surface area contributed by atoms with Gasteiger partial charge in [-0.15, -0.1) is 22.0 Å². The number of fused-ring (bicyclic) bond motifs is 1. The molecular formula is C17H20N4O3S. The van der Waals surface area contributed by atoms with Crippen LogP contribution in [-0.2, 0) is 22.7 Å². The molecule has 0 aliphatic carbocycles. The summed E-state index contributed by atoms with van der Waals surface area (Å²) in [7, 11) is 0. The summed E-state index contributed by atoms with van der Waals surface area (Å²) in [5, 5.41) is 17.5. The van der Waals surface area contributed by atoms with E-state index in [0.29, 0.717) is 11.6 Å². The Morgan fingerprint density at radius 2 is 2.04 bits per heavy atom. The van der Waals surface area contributed by atoms with Gasteiger partial charge in [0.15, 0.2) is 5.82 Å². The molecule has 1 atom stereocenters. The zero-order valence-electron chi connectivity index (χ0n) is 14.4. The summed E-state index contributed by atoms with van der Waals surface area (Å²) < 4.78 is 1.76. The van der Waals surface area contributed by atoms with Gasteiger partial charge in [-0.25, -0.2) is 4.79 Å². The normalized spacial score (nSPS) is 16.6. The molecule has 0 saturated carbocycles. The number of carbonyl (C=O) groups excluding carboxylic acids is 1. The fraction of sp³-hybridized carbons (Fsp3) is 0.412. The molecular weight excluding hydrogens is 340 g/mol. The van der Waals surface area contributed by atoms with Crippen LogP contribution >= 0.6 is 11.8 Å². The van der Waals surface area contributed by atoms with Crippen LogP contribution < -0.4 is 0 Å². The molecule has 1 unspecified atom stereocenters. The van der Waals surface area contributed by atoms with E-state index in [1.54, 1.807) is 11.5 Å². The third kappa shape index (κ3) is 3.53. The number of carboxylic acids is 1. The second-order valence-electron chi connectivity index (χ2n) is 6.21.